The Labute approximate surface area is 254 Å². The number of halogens is 2. The first-order valence-corrected chi connectivity index (χ1v) is 15.6. The van der Waals surface area contributed by atoms with Gasteiger partial charge in [-0.15, -0.1) is 0 Å². The Hall–Kier alpha value is -1.89. The summed E-state index contributed by atoms with van der Waals surface area (Å²) < 4.78 is 8.09. The van der Waals surface area contributed by atoms with Crippen LogP contribution in [-0.4, -0.2) is 12.5 Å². The van der Waals surface area contributed by atoms with Crippen molar-refractivity contribution >= 4 is 34.5 Å². The molecule has 0 spiro atoms. The van der Waals surface area contributed by atoms with Crippen LogP contribution < -0.4 is 31.6 Å². The number of aromatic nitrogens is 1. The molecule has 2 aromatic carbocycles. The first-order valence-electron chi connectivity index (χ1n) is 14.3. The second-order valence-electron chi connectivity index (χ2n) is 10.2. The van der Waals surface area contributed by atoms with Crippen molar-refractivity contribution in [3.63, 3.8) is 0 Å². The van der Waals surface area contributed by atoms with Gasteiger partial charge in [0.2, 0.25) is 5.51 Å². The summed E-state index contributed by atoms with van der Waals surface area (Å²) in [5.74, 6) is 0.560. The van der Waals surface area contributed by atoms with Crippen molar-refractivity contribution in [3.8, 4) is 5.75 Å². The van der Waals surface area contributed by atoms with Crippen molar-refractivity contribution in [3.05, 3.63) is 75.2 Å². The van der Waals surface area contributed by atoms with Crippen LogP contribution in [0.1, 0.15) is 106 Å². The molecular formula is C32H44BrClN2O2S. The summed E-state index contributed by atoms with van der Waals surface area (Å²) >= 11 is 8.13. The molecule has 0 aliphatic rings. The van der Waals surface area contributed by atoms with Crippen molar-refractivity contribution in [2.75, 3.05) is 11.9 Å². The van der Waals surface area contributed by atoms with E-state index in [4.69, 9.17) is 16.3 Å². The Morgan fingerprint density at radius 3 is 2.08 bits per heavy atom. The number of amides is 1. The molecule has 3 rings (SSSR count). The van der Waals surface area contributed by atoms with Crippen molar-refractivity contribution in [2.24, 2.45) is 0 Å². The number of anilines is 1. The number of carbonyl (C=O) groups is 1. The molecule has 3 aromatic rings. The maximum absolute atomic E-state index is 12.7. The van der Waals surface area contributed by atoms with E-state index in [1.165, 1.54) is 76.3 Å². The van der Waals surface area contributed by atoms with E-state index >= 15 is 0 Å². The predicted octanol–water partition coefficient (Wildman–Crippen LogP) is 6.38. The quantitative estimate of drug-likeness (QED) is 0.130. The number of hydrogen-bond donors (Lipinski definition) is 1. The summed E-state index contributed by atoms with van der Waals surface area (Å²) in [7, 11) is 0. The molecule has 4 nitrogen and oxygen atoms in total. The Morgan fingerprint density at radius 2 is 1.51 bits per heavy atom. The highest BCUT2D eigenvalue weighted by molar-refractivity contribution is 7.07. The van der Waals surface area contributed by atoms with Gasteiger partial charge < -0.3 is 27.0 Å². The smallest absolute Gasteiger partial charge is 0.255 e. The van der Waals surface area contributed by atoms with Gasteiger partial charge in [-0.3, -0.25) is 4.79 Å². The lowest BCUT2D eigenvalue weighted by molar-refractivity contribution is -0.689. The van der Waals surface area contributed by atoms with Crippen molar-refractivity contribution in [2.45, 2.75) is 97.4 Å². The number of ether oxygens (including phenoxy) is 1. The lowest BCUT2D eigenvalue weighted by atomic mass is 10.1. The van der Waals surface area contributed by atoms with Crippen LogP contribution in [0.2, 0.25) is 5.02 Å². The topological polar surface area (TPSA) is 42.2 Å². The first-order chi connectivity index (χ1) is 18.6. The van der Waals surface area contributed by atoms with E-state index in [2.05, 4.69) is 34.6 Å². The van der Waals surface area contributed by atoms with Gasteiger partial charge in [0, 0.05) is 24.1 Å². The van der Waals surface area contributed by atoms with Gasteiger partial charge in [-0.2, -0.15) is 4.57 Å². The van der Waals surface area contributed by atoms with Gasteiger partial charge in [-0.1, -0.05) is 113 Å². The third-order valence-electron chi connectivity index (χ3n) is 6.90. The number of nitrogens with zero attached hydrogens (tertiary/aromatic N) is 1. The van der Waals surface area contributed by atoms with Gasteiger partial charge in [0.05, 0.1) is 22.7 Å². The fourth-order valence-electron chi connectivity index (χ4n) is 4.49. The fraction of sp³-hybridized carbons (Fsp3) is 0.500. The van der Waals surface area contributed by atoms with Crippen LogP contribution in [0.4, 0.5) is 5.69 Å². The molecule has 0 radical (unpaired) electrons. The van der Waals surface area contributed by atoms with Crippen molar-refractivity contribution in [1.82, 2.24) is 0 Å². The molecule has 0 saturated carbocycles. The summed E-state index contributed by atoms with van der Waals surface area (Å²) in [6, 6.07) is 13.1. The number of nitrogens with one attached hydrogen (secondary N) is 1. The number of benzene rings is 2. The molecule has 0 bridgehead atoms. The summed E-state index contributed by atoms with van der Waals surface area (Å²) in [6.07, 6.45) is 15.9. The van der Waals surface area contributed by atoms with Crippen LogP contribution in [0.15, 0.2) is 53.4 Å². The highest BCUT2D eigenvalue weighted by Crippen LogP contribution is 2.27. The maximum Gasteiger partial charge on any atom is 0.255 e. The zero-order valence-electron chi connectivity index (χ0n) is 23.5. The molecule has 0 aliphatic heterocycles. The SMILES string of the molecule is CCCCCCCCCCCCCCOc1ccc(NC(=O)c2ccc(C[n+]3cscc3C)cc2)c(Cl)c1.[Br-]. The van der Waals surface area contributed by atoms with E-state index in [0.29, 0.717) is 22.9 Å². The number of hydrogen-bond acceptors (Lipinski definition) is 3. The molecule has 1 heterocycles. The summed E-state index contributed by atoms with van der Waals surface area (Å²) in [5.41, 5.74) is 5.67. The summed E-state index contributed by atoms with van der Waals surface area (Å²) in [5, 5.41) is 5.52. The molecule has 1 amide bonds. The molecule has 0 aliphatic carbocycles. The Balaban J connectivity index is 0.00000533. The van der Waals surface area contributed by atoms with Crippen LogP contribution >= 0.6 is 22.9 Å². The van der Waals surface area contributed by atoms with E-state index in [1.54, 1.807) is 17.4 Å². The number of thiazole rings is 1. The normalized spacial score (nSPS) is 10.7. The molecule has 1 aromatic heterocycles. The monoisotopic (exact) mass is 634 g/mol. The molecule has 39 heavy (non-hydrogen) atoms. The van der Waals surface area contributed by atoms with Crippen molar-refractivity contribution in [1.29, 1.82) is 0 Å². The molecular weight excluding hydrogens is 592 g/mol. The van der Waals surface area contributed by atoms with E-state index < -0.39 is 0 Å². The Kier molecular flexibility index (Phi) is 16.4. The van der Waals surface area contributed by atoms with Gasteiger partial charge >= 0.3 is 0 Å². The molecule has 0 unspecified atom stereocenters. The minimum atomic E-state index is -0.178. The van der Waals surface area contributed by atoms with Gasteiger partial charge in [0.1, 0.15) is 5.75 Å². The lowest BCUT2D eigenvalue weighted by Crippen LogP contribution is -3.00. The average molecular weight is 636 g/mol. The number of unbranched alkanes of at least 4 members (excludes halogenated alkanes) is 11. The van der Waals surface area contributed by atoms with Gasteiger partial charge in [-0.05, 0) is 30.7 Å². The van der Waals surface area contributed by atoms with Crippen LogP contribution in [0.3, 0.4) is 0 Å². The van der Waals surface area contributed by atoms with Crippen LogP contribution in [0.5, 0.6) is 5.75 Å². The highest BCUT2D eigenvalue weighted by Gasteiger charge is 2.12. The van der Waals surface area contributed by atoms with Gasteiger partial charge in [-0.25, -0.2) is 0 Å². The molecule has 214 valence electrons. The minimum absolute atomic E-state index is 0. The Bertz CT molecular complexity index is 1100. The fourth-order valence-corrected chi connectivity index (χ4v) is 5.49. The highest BCUT2D eigenvalue weighted by atomic mass is 79.9. The summed E-state index contributed by atoms with van der Waals surface area (Å²) in [6.45, 7) is 5.85. The molecule has 0 saturated heterocycles. The number of rotatable bonds is 18. The van der Waals surface area contributed by atoms with Gasteiger partial charge in [0.25, 0.3) is 5.91 Å². The average Bonchev–Trinajstić information content (AvgIpc) is 3.32. The van der Waals surface area contributed by atoms with E-state index in [1.807, 2.05) is 36.4 Å². The van der Waals surface area contributed by atoms with Crippen molar-refractivity contribution < 1.29 is 31.1 Å². The van der Waals surface area contributed by atoms with Gasteiger partial charge in [0.15, 0.2) is 12.2 Å². The second-order valence-corrected chi connectivity index (χ2v) is 11.3. The molecule has 0 atom stereocenters. The lowest BCUT2D eigenvalue weighted by Gasteiger charge is -2.11. The van der Waals surface area contributed by atoms with E-state index in [9.17, 15) is 4.79 Å². The van der Waals surface area contributed by atoms with Crippen LogP contribution in [0, 0.1) is 6.92 Å². The second kappa shape index (κ2) is 19.2. The third kappa shape index (κ3) is 12.4. The Morgan fingerprint density at radius 1 is 0.897 bits per heavy atom. The molecule has 1 N–H and O–H groups in total. The van der Waals surface area contributed by atoms with Crippen LogP contribution in [0.25, 0.3) is 0 Å². The standard InChI is InChI=1S/C32H43ClN2O2S.BrH/c1-3-4-5-6-7-8-9-10-11-12-13-14-21-37-29-19-20-31(30(33)22-29)34-32(36)28-17-15-27(16-18-28)23-35-25-38-24-26(35)2;/h15-20,22,24-25H,3-14,21,23H2,1-2H3;1H. The number of carbonyl (C=O) groups excluding carboxylic acids is 1. The van der Waals surface area contributed by atoms with E-state index in [0.717, 1.165) is 24.3 Å². The largest absolute Gasteiger partial charge is 1.00 e. The maximum atomic E-state index is 12.7. The predicted molar refractivity (Wildman–Crippen MR) is 161 cm³/mol. The zero-order chi connectivity index (χ0) is 27.0. The first kappa shape index (κ1) is 33.3. The minimum Gasteiger partial charge on any atom is -1.00 e. The van der Waals surface area contributed by atoms with E-state index in [-0.39, 0.29) is 22.9 Å². The zero-order valence-corrected chi connectivity index (χ0v) is 26.7. The summed E-state index contributed by atoms with van der Waals surface area (Å²) in [4.78, 5) is 12.7. The third-order valence-corrected chi connectivity index (χ3v) is 8.07. The molecule has 7 heteroatoms. The molecule has 0 fully saturated rings. The van der Waals surface area contributed by atoms with Crippen LogP contribution in [-0.2, 0) is 6.54 Å². The number of aryl methyl sites for hydroxylation is 1.